The van der Waals surface area contributed by atoms with Gasteiger partial charge in [-0.2, -0.15) is 4.98 Å². The van der Waals surface area contributed by atoms with Crippen molar-refractivity contribution in [2.24, 2.45) is 14.1 Å². The lowest BCUT2D eigenvalue weighted by Crippen LogP contribution is -2.36. The predicted octanol–water partition coefficient (Wildman–Crippen LogP) is -0.227. The van der Waals surface area contributed by atoms with Gasteiger partial charge in [0.15, 0.2) is 11.2 Å². The summed E-state index contributed by atoms with van der Waals surface area (Å²) in [5.41, 5.74) is 3.15. The van der Waals surface area contributed by atoms with Gasteiger partial charge < -0.3 is 4.98 Å². The van der Waals surface area contributed by atoms with E-state index in [1.165, 1.54) is 18.0 Å². The van der Waals surface area contributed by atoms with Crippen LogP contribution in [-0.2, 0) is 14.1 Å². The summed E-state index contributed by atoms with van der Waals surface area (Å²) >= 11 is 0. The molecule has 8 nitrogen and oxygen atoms in total. The molecule has 20 heavy (non-hydrogen) atoms. The van der Waals surface area contributed by atoms with Crippen molar-refractivity contribution in [1.82, 2.24) is 24.1 Å². The topological polar surface area (TPSA) is 87.9 Å². The Hall–Kier alpha value is -2.09. The molecular formula is C12H18N6O2. The number of anilines is 1. The van der Waals surface area contributed by atoms with Crippen molar-refractivity contribution >= 4 is 17.1 Å². The van der Waals surface area contributed by atoms with Gasteiger partial charge in [-0.05, 0) is 12.8 Å². The Labute approximate surface area is 115 Å². The van der Waals surface area contributed by atoms with Gasteiger partial charge in [0.2, 0.25) is 5.95 Å². The van der Waals surface area contributed by atoms with Crippen molar-refractivity contribution in [3.8, 4) is 0 Å². The third kappa shape index (κ3) is 2.01. The second-order valence-corrected chi connectivity index (χ2v) is 5.15. The highest BCUT2D eigenvalue weighted by molar-refractivity contribution is 5.72. The quantitative estimate of drug-likeness (QED) is 0.792. The molecule has 0 amide bonds. The van der Waals surface area contributed by atoms with E-state index in [0.717, 1.165) is 30.5 Å². The Morgan fingerprint density at radius 2 is 1.80 bits per heavy atom. The predicted molar refractivity (Wildman–Crippen MR) is 75.6 cm³/mol. The number of rotatable bonds is 2. The molecule has 2 N–H and O–H groups in total. The summed E-state index contributed by atoms with van der Waals surface area (Å²) in [6, 6.07) is 0. The van der Waals surface area contributed by atoms with Crippen LogP contribution in [0.3, 0.4) is 0 Å². The number of nitrogens with zero attached hydrogens (tertiary/aromatic N) is 4. The zero-order valence-electron chi connectivity index (χ0n) is 11.6. The van der Waals surface area contributed by atoms with Crippen LogP contribution in [0.1, 0.15) is 19.3 Å². The van der Waals surface area contributed by atoms with E-state index in [1.54, 1.807) is 7.05 Å². The molecule has 0 saturated carbocycles. The number of aromatic amines is 1. The normalized spacial score (nSPS) is 16.7. The van der Waals surface area contributed by atoms with E-state index in [0.29, 0.717) is 17.1 Å². The number of imidazole rings is 1. The van der Waals surface area contributed by atoms with Crippen molar-refractivity contribution in [1.29, 1.82) is 0 Å². The van der Waals surface area contributed by atoms with Crippen LogP contribution in [-0.4, -0.2) is 37.2 Å². The highest BCUT2D eigenvalue weighted by Crippen LogP contribution is 2.12. The second kappa shape index (κ2) is 4.78. The number of H-pyrrole nitrogens is 1. The molecule has 1 saturated heterocycles. The molecule has 2 aromatic heterocycles. The number of nitrogens with one attached hydrogen (secondary N) is 2. The van der Waals surface area contributed by atoms with Gasteiger partial charge in [0, 0.05) is 27.2 Å². The summed E-state index contributed by atoms with van der Waals surface area (Å²) in [6.45, 7) is 1.90. The van der Waals surface area contributed by atoms with Gasteiger partial charge in [0.1, 0.15) is 0 Å². The molecule has 2 aromatic rings. The smallest absolute Gasteiger partial charge is 0.317 e. The van der Waals surface area contributed by atoms with Crippen LogP contribution in [0.4, 0.5) is 5.95 Å². The summed E-state index contributed by atoms with van der Waals surface area (Å²) < 4.78 is 2.44. The largest absolute Gasteiger partial charge is 0.332 e. The van der Waals surface area contributed by atoms with E-state index in [4.69, 9.17) is 0 Å². The first-order valence-electron chi connectivity index (χ1n) is 6.75. The van der Waals surface area contributed by atoms with E-state index >= 15 is 0 Å². The minimum Gasteiger partial charge on any atom is -0.317 e. The second-order valence-electron chi connectivity index (χ2n) is 5.15. The van der Waals surface area contributed by atoms with Gasteiger partial charge in [-0.3, -0.25) is 19.4 Å². The molecule has 0 unspecified atom stereocenters. The maximum Gasteiger partial charge on any atom is 0.332 e. The van der Waals surface area contributed by atoms with E-state index in [-0.39, 0.29) is 11.2 Å². The minimum atomic E-state index is -0.376. The van der Waals surface area contributed by atoms with Gasteiger partial charge in [0.05, 0.1) is 0 Å². The number of hydrazine groups is 1. The van der Waals surface area contributed by atoms with Crippen LogP contribution in [0.2, 0.25) is 0 Å². The molecule has 3 rings (SSSR count). The standard InChI is InChI=1S/C12H18N6O2/c1-16-9-8(10(19)17(2)12(16)20)13-11(14-9)15-18-6-4-3-5-7-18/h3-7H2,1-2H3,(H2,13,14,15). The molecule has 3 heterocycles. The molecule has 1 aliphatic rings. The molecule has 108 valence electrons. The molecule has 0 aliphatic carbocycles. The Morgan fingerprint density at radius 3 is 2.50 bits per heavy atom. The number of aromatic nitrogens is 4. The molecule has 8 heteroatoms. The highest BCUT2D eigenvalue weighted by atomic mass is 16.2. The summed E-state index contributed by atoms with van der Waals surface area (Å²) in [4.78, 5) is 31.2. The van der Waals surface area contributed by atoms with Gasteiger partial charge in [-0.1, -0.05) is 6.42 Å². The summed E-state index contributed by atoms with van der Waals surface area (Å²) in [7, 11) is 3.07. The SMILES string of the molecule is Cn1c(=O)c2[nH]c(NN3CCCCC3)nc2n(C)c1=O. The highest BCUT2D eigenvalue weighted by Gasteiger charge is 2.15. The van der Waals surface area contributed by atoms with Crippen LogP contribution in [0.5, 0.6) is 0 Å². The fourth-order valence-electron chi connectivity index (χ4n) is 2.53. The minimum absolute atomic E-state index is 0.342. The van der Waals surface area contributed by atoms with Gasteiger partial charge >= 0.3 is 5.69 Å². The van der Waals surface area contributed by atoms with Gasteiger partial charge in [0.25, 0.3) is 5.56 Å². The van der Waals surface area contributed by atoms with E-state index in [9.17, 15) is 9.59 Å². The Bertz CT molecular complexity index is 750. The average Bonchev–Trinajstić information content (AvgIpc) is 2.88. The number of hydrogen-bond donors (Lipinski definition) is 2. The Kier molecular flexibility index (Phi) is 3.09. The summed E-state index contributed by atoms with van der Waals surface area (Å²) in [6.07, 6.45) is 3.54. The van der Waals surface area contributed by atoms with Crippen LogP contribution in [0.15, 0.2) is 9.59 Å². The molecule has 0 aromatic carbocycles. The first-order valence-corrected chi connectivity index (χ1v) is 6.75. The van der Waals surface area contributed by atoms with E-state index in [1.807, 2.05) is 0 Å². The fourth-order valence-corrected chi connectivity index (χ4v) is 2.53. The summed E-state index contributed by atoms with van der Waals surface area (Å²) in [5, 5.41) is 2.07. The zero-order chi connectivity index (χ0) is 14.3. The zero-order valence-corrected chi connectivity index (χ0v) is 11.6. The van der Waals surface area contributed by atoms with Crippen LogP contribution < -0.4 is 16.7 Å². The van der Waals surface area contributed by atoms with Crippen LogP contribution in [0, 0.1) is 0 Å². The molecule has 1 aliphatic heterocycles. The lowest BCUT2D eigenvalue weighted by Gasteiger charge is -2.26. The number of hydrogen-bond acceptors (Lipinski definition) is 5. The van der Waals surface area contributed by atoms with Crippen molar-refractivity contribution in [3.63, 3.8) is 0 Å². The maximum atomic E-state index is 12.0. The Morgan fingerprint density at radius 1 is 1.10 bits per heavy atom. The molecule has 0 radical (unpaired) electrons. The lowest BCUT2D eigenvalue weighted by molar-refractivity contribution is 0.271. The number of fused-ring (bicyclic) bond motifs is 1. The van der Waals surface area contributed by atoms with Crippen molar-refractivity contribution in [3.05, 3.63) is 20.8 Å². The maximum absolute atomic E-state index is 12.0. The third-order valence-corrected chi connectivity index (χ3v) is 3.71. The van der Waals surface area contributed by atoms with E-state index in [2.05, 4.69) is 20.4 Å². The first kappa shape index (κ1) is 12.9. The number of piperidine rings is 1. The van der Waals surface area contributed by atoms with E-state index < -0.39 is 0 Å². The fraction of sp³-hybridized carbons (Fsp3) is 0.583. The van der Waals surface area contributed by atoms with Gasteiger partial charge in [-0.15, -0.1) is 0 Å². The molecule has 0 bridgehead atoms. The molecule has 0 atom stereocenters. The first-order chi connectivity index (χ1) is 9.58. The third-order valence-electron chi connectivity index (χ3n) is 3.71. The molecule has 1 fully saturated rings. The van der Waals surface area contributed by atoms with Gasteiger partial charge in [-0.25, -0.2) is 9.80 Å². The summed E-state index contributed by atoms with van der Waals surface area (Å²) in [5.74, 6) is 0.500. The number of aryl methyl sites for hydroxylation is 1. The average molecular weight is 278 g/mol. The van der Waals surface area contributed by atoms with Crippen LogP contribution >= 0.6 is 0 Å². The monoisotopic (exact) mass is 278 g/mol. The van der Waals surface area contributed by atoms with Crippen molar-refractivity contribution < 1.29 is 0 Å². The molecular weight excluding hydrogens is 260 g/mol. The van der Waals surface area contributed by atoms with Crippen molar-refractivity contribution in [2.45, 2.75) is 19.3 Å². The lowest BCUT2D eigenvalue weighted by atomic mass is 10.2. The van der Waals surface area contributed by atoms with Crippen molar-refractivity contribution in [2.75, 3.05) is 18.5 Å². The van der Waals surface area contributed by atoms with Crippen LogP contribution in [0.25, 0.3) is 11.2 Å². The molecule has 0 spiro atoms. The Balaban J connectivity index is 2.02.